The molecule has 2 bridgehead atoms. The summed E-state index contributed by atoms with van der Waals surface area (Å²) < 4.78 is 0. The van der Waals surface area contributed by atoms with E-state index in [0.717, 1.165) is 0 Å². The number of nitrogens with zero attached hydrogens (tertiary/aromatic N) is 1. The third kappa shape index (κ3) is 3.23. The van der Waals surface area contributed by atoms with Gasteiger partial charge >= 0.3 is 0 Å². The van der Waals surface area contributed by atoms with Gasteiger partial charge in [-0.25, -0.2) is 0 Å². The van der Waals surface area contributed by atoms with Gasteiger partial charge in [-0.05, 0) is 46.6 Å². The molecule has 2 rings (SSSR count). The van der Waals surface area contributed by atoms with Crippen LogP contribution in [0.15, 0.2) is 0 Å². The quantitative estimate of drug-likeness (QED) is 0.789. The molecule has 2 atom stereocenters. The van der Waals surface area contributed by atoms with Gasteiger partial charge in [0.05, 0.1) is 6.54 Å². The lowest BCUT2D eigenvalue weighted by Gasteiger charge is -2.48. The first-order valence-corrected chi connectivity index (χ1v) is 7.32. The maximum Gasteiger partial charge on any atom is 0.234 e. The summed E-state index contributed by atoms with van der Waals surface area (Å²) in [6.07, 6.45) is 6.23. The van der Waals surface area contributed by atoms with E-state index in [9.17, 15) is 4.79 Å². The molecule has 1 amide bonds. The number of carbonyl (C=O) groups excluding carboxylic acids is 1. The molecule has 0 saturated carbocycles. The number of carbonyl (C=O) groups is 1. The Hall–Kier alpha value is -0.610. The normalized spacial score (nSPS) is 32.6. The summed E-state index contributed by atoms with van der Waals surface area (Å²) in [5.74, 6) is 0.185. The van der Waals surface area contributed by atoms with Crippen molar-refractivity contribution in [3.05, 3.63) is 0 Å². The fourth-order valence-corrected chi connectivity index (χ4v) is 3.51. The molecule has 2 aliphatic rings. The van der Waals surface area contributed by atoms with Gasteiger partial charge in [-0.1, -0.05) is 6.42 Å². The molecule has 4 nitrogen and oxygen atoms in total. The van der Waals surface area contributed by atoms with Crippen molar-refractivity contribution >= 4 is 5.91 Å². The van der Waals surface area contributed by atoms with Gasteiger partial charge in [-0.3, -0.25) is 9.69 Å². The molecule has 2 fully saturated rings. The average Bonchev–Trinajstić information content (AvgIpc) is 2.27. The van der Waals surface area contributed by atoms with Gasteiger partial charge < -0.3 is 10.6 Å². The first kappa shape index (κ1) is 13.8. The molecule has 0 aromatic heterocycles. The van der Waals surface area contributed by atoms with E-state index in [-0.39, 0.29) is 11.9 Å². The fraction of sp³-hybridized carbons (Fsp3) is 0.929. The van der Waals surface area contributed by atoms with E-state index in [4.69, 9.17) is 0 Å². The SMILES string of the molecule is CNC1CC2CCCC(C1)N2CC(=O)NC(C)C. The van der Waals surface area contributed by atoms with Crippen molar-refractivity contribution in [3.8, 4) is 0 Å². The van der Waals surface area contributed by atoms with Crippen LogP contribution in [-0.2, 0) is 4.79 Å². The van der Waals surface area contributed by atoms with Gasteiger partial charge in [0.15, 0.2) is 0 Å². The van der Waals surface area contributed by atoms with Gasteiger partial charge in [0.1, 0.15) is 0 Å². The minimum atomic E-state index is 0.185. The van der Waals surface area contributed by atoms with E-state index < -0.39 is 0 Å². The zero-order valence-corrected chi connectivity index (χ0v) is 11.9. The van der Waals surface area contributed by atoms with Crippen LogP contribution in [0.4, 0.5) is 0 Å². The Labute approximate surface area is 110 Å². The van der Waals surface area contributed by atoms with Crippen molar-refractivity contribution in [1.29, 1.82) is 0 Å². The molecule has 2 N–H and O–H groups in total. The van der Waals surface area contributed by atoms with Crippen LogP contribution in [0.25, 0.3) is 0 Å². The van der Waals surface area contributed by atoms with Crippen LogP contribution < -0.4 is 10.6 Å². The maximum absolute atomic E-state index is 11.9. The van der Waals surface area contributed by atoms with Crippen LogP contribution in [-0.4, -0.2) is 48.6 Å². The monoisotopic (exact) mass is 253 g/mol. The number of piperidine rings is 2. The zero-order valence-electron chi connectivity index (χ0n) is 11.9. The molecular weight excluding hydrogens is 226 g/mol. The molecule has 0 aromatic rings. The minimum Gasteiger partial charge on any atom is -0.353 e. The van der Waals surface area contributed by atoms with Crippen molar-refractivity contribution in [3.63, 3.8) is 0 Å². The molecule has 2 unspecified atom stereocenters. The predicted octanol–water partition coefficient (Wildman–Crippen LogP) is 1.12. The largest absolute Gasteiger partial charge is 0.353 e. The Kier molecular flexibility index (Phi) is 4.62. The predicted molar refractivity (Wildman–Crippen MR) is 73.5 cm³/mol. The molecule has 104 valence electrons. The molecule has 0 radical (unpaired) electrons. The van der Waals surface area contributed by atoms with E-state index in [1.807, 2.05) is 13.8 Å². The molecular formula is C14H27N3O. The van der Waals surface area contributed by atoms with Gasteiger partial charge in [0.2, 0.25) is 5.91 Å². The van der Waals surface area contributed by atoms with Gasteiger partial charge in [0, 0.05) is 24.2 Å². The Morgan fingerprint density at radius 3 is 2.39 bits per heavy atom. The van der Waals surface area contributed by atoms with Crippen LogP contribution in [0.2, 0.25) is 0 Å². The summed E-state index contributed by atoms with van der Waals surface area (Å²) >= 11 is 0. The number of hydrogen-bond donors (Lipinski definition) is 2. The van der Waals surface area contributed by atoms with E-state index in [2.05, 4.69) is 22.6 Å². The van der Waals surface area contributed by atoms with Crippen LogP contribution in [0, 0.1) is 0 Å². The lowest BCUT2D eigenvalue weighted by atomic mass is 9.82. The molecule has 0 aromatic carbocycles. The summed E-state index contributed by atoms with van der Waals surface area (Å²) in [5.41, 5.74) is 0. The van der Waals surface area contributed by atoms with E-state index in [0.29, 0.717) is 24.7 Å². The number of fused-ring (bicyclic) bond motifs is 2. The van der Waals surface area contributed by atoms with Crippen molar-refractivity contribution in [2.75, 3.05) is 13.6 Å². The third-order valence-corrected chi connectivity index (χ3v) is 4.31. The summed E-state index contributed by atoms with van der Waals surface area (Å²) in [6, 6.07) is 2.10. The molecule has 0 spiro atoms. The topological polar surface area (TPSA) is 44.4 Å². The molecule has 18 heavy (non-hydrogen) atoms. The van der Waals surface area contributed by atoms with Crippen LogP contribution in [0.1, 0.15) is 46.0 Å². The van der Waals surface area contributed by atoms with Crippen molar-refractivity contribution in [2.45, 2.75) is 70.1 Å². The summed E-state index contributed by atoms with van der Waals surface area (Å²) in [4.78, 5) is 14.4. The Morgan fingerprint density at radius 2 is 1.89 bits per heavy atom. The first-order valence-electron chi connectivity index (χ1n) is 7.32. The maximum atomic E-state index is 11.9. The van der Waals surface area contributed by atoms with Crippen molar-refractivity contribution in [2.24, 2.45) is 0 Å². The van der Waals surface area contributed by atoms with Crippen molar-refractivity contribution in [1.82, 2.24) is 15.5 Å². The summed E-state index contributed by atoms with van der Waals surface area (Å²) in [6.45, 7) is 4.63. The lowest BCUT2D eigenvalue weighted by molar-refractivity contribution is -0.125. The second-order valence-electron chi connectivity index (χ2n) is 6.09. The Morgan fingerprint density at radius 1 is 1.28 bits per heavy atom. The van der Waals surface area contributed by atoms with Crippen molar-refractivity contribution < 1.29 is 4.79 Å². The van der Waals surface area contributed by atoms with E-state index in [1.165, 1.54) is 32.1 Å². The first-order chi connectivity index (χ1) is 8.60. The highest BCUT2D eigenvalue weighted by atomic mass is 16.2. The highest BCUT2D eigenvalue weighted by molar-refractivity contribution is 5.78. The molecule has 2 saturated heterocycles. The number of rotatable bonds is 4. The number of hydrogen-bond acceptors (Lipinski definition) is 3. The lowest BCUT2D eigenvalue weighted by Crippen LogP contribution is -2.58. The van der Waals surface area contributed by atoms with E-state index in [1.54, 1.807) is 0 Å². The van der Waals surface area contributed by atoms with Crippen LogP contribution in [0.5, 0.6) is 0 Å². The summed E-state index contributed by atoms with van der Waals surface area (Å²) in [5, 5.41) is 6.42. The minimum absolute atomic E-state index is 0.185. The molecule has 2 aliphatic heterocycles. The second kappa shape index (κ2) is 6.02. The van der Waals surface area contributed by atoms with E-state index >= 15 is 0 Å². The highest BCUT2D eigenvalue weighted by Gasteiger charge is 2.38. The number of amides is 1. The molecule has 0 aliphatic carbocycles. The van der Waals surface area contributed by atoms with Crippen LogP contribution >= 0.6 is 0 Å². The highest BCUT2D eigenvalue weighted by Crippen LogP contribution is 2.33. The second-order valence-corrected chi connectivity index (χ2v) is 6.09. The Balaban J connectivity index is 1.94. The number of nitrogens with one attached hydrogen (secondary N) is 2. The third-order valence-electron chi connectivity index (χ3n) is 4.31. The van der Waals surface area contributed by atoms with Gasteiger partial charge in [0.25, 0.3) is 0 Å². The Bertz CT molecular complexity index is 279. The molecule has 2 heterocycles. The zero-order chi connectivity index (χ0) is 13.1. The van der Waals surface area contributed by atoms with Crippen LogP contribution in [0.3, 0.4) is 0 Å². The standard InChI is InChI=1S/C14H27N3O/c1-10(2)16-14(18)9-17-12-5-4-6-13(17)8-11(7-12)15-3/h10-13,15H,4-9H2,1-3H3,(H,16,18). The molecule has 4 heteroatoms. The van der Waals surface area contributed by atoms with Gasteiger partial charge in [-0.15, -0.1) is 0 Å². The smallest absolute Gasteiger partial charge is 0.234 e. The summed E-state index contributed by atoms with van der Waals surface area (Å²) in [7, 11) is 2.06. The van der Waals surface area contributed by atoms with Gasteiger partial charge in [-0.2, -0.15) is 0 Å². The average molecular weight is 253 g/mol. The fourth-order valence-electron chi connectivity index (χ4n) is 3.51.